The number of fused-ring (bicyclic) bond motifs is 1. The second-order valence-corrected chi connectivity index (χ2v) is 4.42. The van der Waals surface area contributed by atoms with E-state index in [1.165, 1.54) is 0 Å². The first-order valence-electron chi connectivity index (χ1n) is 4.10. The van der Waals surface area contributed by atoms with Gasteiger partial charge in [-0.05, 0) is 12.1 Å². The Balaban J connectivity index is 2.32. The Bertz CT molecular complexity index is 318. The van der Waals surface area contributed by atoms with E-state index in [-0.39, 0.29) is 12.6 Å². The first-order valence-corrected chi connectivity index (χ1v) is 5.46. The minimum atomic E-state index is 0.123. The van der Waals surface area contributed by atoms with E-state index in [4.69, 9.17) is 16.7 Å². The van der Waals surface area contributed by atoms with E-state index in [1.807, 2.05) is 18.2 Å². The van der Waals surface area contributed by atoms with Crippen LogP contribution in [0.3, 0.4) is 0 Å². The number of nitrogens with one attached hydrogen (secondary N) is 1. The molecule has 2 N–H and O–H groups in total. The van der Waals surface area contributed by atoms with Crippen LogP contribution in [0.4, 0.5) is 5.69 Å². The number of benzene rings is 1. The third-order valence-corrected chi connectivity index (χ3v) is 3.52. The number of aliphatic hydroxyl groups excluding tert-OH is 1. The molecule has 0 aliphatic carbocycles. The highest BCUT2D eigenvalue weighted by molar-refractivity contribution is 7.99. The standard InChI is InChI=1S/C9H10ClNOS/c10-7-2-1-3-8-9(7)11-6(4-12)5-13-8/h1-3,6,11-12H,4-5H2. The third-order valence-electron chi connectivity index (χ3n) is 1.98. The zero-order chi connectivity index (χ0) is 9.26. The van der Waals surface area contributed by atoms with E-state index >= 15 is 0 Å². The van der Waals surface area contributed by atoms with Crippen molar-refractivity contribution >= 4 is 29.1 Å². The monoisotopic (exact) mass is 215 g/mol. The van der Waals surface area contributed by atoms with Crippen molar-refractivity contribution in [2.45, 2.75) is 10.9 Å². The third kappa shape index (κ3) is 1.77. The number of aliphatic hydroxyl groups is 1. The van der Waals surface area contributed by atoms with Gasteiger partial charge in [-0.25, -0.2) is 0 Å². The highest BCUT2D eigenvalue weighted by Gasteiger charge is 2.18. The molecule has 1 aliphatic rings. The molecule has 4 heteroatoms. The van der Waals surface area contributed by atoms with Gasteiger partial charge in [0.25, 0.3) is 0 Å². The number of rotatable bonds is 1. The van der Waals surface area contributed by atoms with Gasteiger partial charge >= 0.3 is 0 Å². The van der Waals surface area contributed by atoms with E-state index in [9.17, 15) is 0 Å². The summed E-state index contributed by atoms with van der Waals surface area (Å²) in [6, 6.07) is 5.95. The van der Waals surface area contributed by atoms with Gasteiger partial charge in [-0.3, -0.25) is 0 Å². The van der Waals surface area contributed by atoms with Gasteiger partial charge in [-0.1, -0.05) is 17.7 Å². The van der Waals surface area contributed by atoms with Crippen molar-refractivity contribution in [3.8, 4) is 0 Å². The molecule has 0 aromatic heterocycles. The average Bonchev–Trinajstić information content (AvgIpc) is 2.18. The Morgan fingerprint density at radius 3 is 3.23 bits per heavy atom. The number of hydrogen-bond donors (Lipinski definition) is 2. The molecule has 1 aromatic carbocycles. The van der Waals surface area contributed by atoms with Crippen molar-refractivity contribution in [2.24, 2.45) is 0 Å². The smallest absolute Gasteiger partial charge is 0.0670 e. The van der Waals surface area contributed by atoms with Crippen LogP contribution in [0.15, 0.2) is 23.1 Å². The Hall–Kier alpha value is -0.380. The maximum atomic E-state index is 8.99. The summed E-state index contributed by atoms with van der Waals surface area (Å²) in [6.07, 6.45) is 0. The van der Waals surface area contributed by atoms with Gasteiger partial charge in [0.05, 0.1) is 23.4 Å². The largest absolute Gasteiger partial charge is 0.394 e. The average molecular weight is 216 g/mol. The molecule has 0 saturated carbocycles. The molecule has 0 fully saturated rings. The molecule has 13 heavy (non-hydrogen) atoms. The fraction of sp³-hybridized carbons (Fsp3) is 0.333. The minimum Gasteiger partial charge on any atom is -0.394 e. The molecule has 0 saturated heterocycles. The van der Waals surface area contributed by atoms with Gasteiger partial charge in [0.15, 0.2) is 0 Å². The van der Waals surface area contributed by atoms with Gasteiger partial charge in [0, 0.05) is 10.6 Å². The van der Waals surface area contributed by atoms with Crippen molar-refractivity contribution in [1.29, 1.82) is 0 Å². The molecule has 1 aromatic rings. The van der Waals surface area contributed by atoms with E-state index in [2.05, 4.69) is 5.32 Å². The summed E-state index contributed by atoms with van der Waals surface area (Å²) < 4.78 is 0. The van der Waals surface area contributed by atoms with Crippen LogP contribution in [0.25, 0.3) is 0 Å². The fourth-order valence-electron chi connectivity index (χ4n) is 1.30. The lowest BCUT2D eigenvalue weighted by atomic mass is 10.2. The molecule has 1 heterocycles. The summed E-state index contributed by atoms with van der Waals surface area (Å²) in [5.74, 6) is 0.893. The van der Waals surface area contributed by atoms with Crippen LogP contribution in [0, 0.1) is 0 Å². The number of para-hydroxylation sites is 1. The lowest BCUT2D eigenvalue weighted by Gasteiger charge is -2.25. The summed E-state index contributed by atoms with van der Waals surface area (Å²) in [7, 11) is 0. The van der Waals surface area contributed by atoms with E-state index in [0.717, 1.165) is 21.4 Å². The summed E-state index contributed by atoms with van der Waals surface area (Å²) in [5, 5.41) is 12.9. The van der Waals surface area contributed by atoms with Crippen LogP contribution >= 0.6 is 23.4 Å². The van der Waals surface area contributed by atoms with Crippen LogP contribution in [0.2, 0.25) is 5.02 Å². The van der Waals surface area contributed by atoms with Crippen LogP contribution in [0.5, 0.6) is 0 Å². The van der Waals surface area contributed by atoms with E-state index in [0.29, 0.717) is 0 Å². The normalized spacial score (nSPS) is 20.6. The minimum absolute atomic E-state index is 0.123. The molecule has 0 radical (unpaired) electrons. The lowest BCUT2D eigenvalue weighted by molar-refractivity contribution is 0.282. The summed E-state index contributed by atoms with van der Waals surface area (Å²) in [5.41, 5.74) is 0.958. The predicted molar refractivity (Wildman–Crippen MR) is 56.7 cm³/mol. The van der Waals surface area contributed by atoms with Crippen molar-refractivity contribution in [1.82, 2.24) is 0 Å². The van der Waals surface area contributed by atoms with Crippen LogP contribution in [-0.4, -0.2) is 23.5 Å². The molecule has 2 rings (SSSR count). The molecule has 1 atom stereocenters. The zero-order valence-electron chi connectivity index (χ0n) is 6.96. The van der Waals surface area contributed by atoms with Crippen molar-refractivity contribution in [2.75, 3.05) is 17.7 Å². The molecule has 0 amide bonds. The topological polar surface area (TPSA) is 32.3 Å². The number of thioether (sulfide) groups is 1. The van der Waals surface area contributed by atoms with Gasteiger partial charge in [-0.15, -0.1) is 11.8 Å². The maximum Gasteiger partial charge on any atom is 0.0670 e. The molecule has 1 aliphatic heterocycles. The first-order chi connectivity index (χ1) is 6.31. The molecular formula is C9H10ClNOS. The molecule has 0 spiro atoms. The second-order valence-electron chi connectivity index (χ2n) is 2.95. The molecule has 1 unspecified atom stereocenters. The number of halogens is 1. The SMILES string of the molecule is OCC1CSc2cccc(Cl)c2N1. The molecule has 70 valence electrons. The van der Waals surface area contributed by atoms with Gasteiger partial charge < -0.3 is 10.4 Å². The van der Waals surface area contributed by atoms with Gasteiger partial charge in [0.2, 0.25) is 0 Å². The molecule has 2 nitrogen and oxygen atoms in total. The second kappa shape index (κ2) is 3.78. The zero-order valence-corrected chi connectivity index (χ0v) is 8.53. The quantitative estimate of drug-likeness (QED) is 0.754. The van der Waals surface area contributed by atoms with Crippen molar-refractivity contribution in [3.05, 3.63) is 23.2 Å². The van der Waals surface area contributed by atoms with E-state index < -0.39 is 0 Å². The number of hydrogen-bond acceptors (Lipinski definition) is 3. The summed E-state index contributed by atoms with van der Waals surface area (Å²) in [6.45, 7) is 0.150. The van der Waals surface area contributed by atoms with Crippen LogP contribution in [0.1, 0.15) is 0 Å². The molecule has 0 bridgehead atoms. The predicted octanol–water partition coefficient (Wildman–Crippen LogP) is 2.22. The Morgan fingerprint density at radius 2 is 2.46 bits per heavy atom. The first kappa shape index (κ1) is 9.19. The highest BCUT2D eigenvalue weighted by Crippen LogP contribution is 2.37. The van der Waals surface area contributed by atoms with Gasteiger partial charge in [0.1, 0.15) is 0 Å². The fourth-order valence-corrected chi connectivity index (χ4v) is 2.64. The highest BCUT2D eigenvalue weighted by atomic mass is 35.5. The van der Waals surface area contributed by atoms with E-state index in [1.54, 1.807) is 11.8 Å². The van der Waals surface area contributed by atoms with Crippen molar-refractivity contribution < 1.29 is 5.11 Å². The van der Waals surface area contributed by atoms with Crippen molar-refractivity contribution in [3.63, 3.8) is 0 Å². The Kier molecular flexibility index (Phi) is 2.67. The Labute approximate surface area is 86.3 Å². The maximum absolute atomic E-state index is 8.99. The number of anilines is 1. The van der Waals surface area contributed by atoms with Crippen LogP contribution in [-0.2, 0) is 0 Å². The molecular weight excluding hydrogens is 206 g/mol. The Morgan fingerprint density at radius 1 is 1.62 bits per heavy atom. The van der Waals surface area contributed by atoms with Crippen LogP contribution < -0.4 is 5.32 Å². The lowest BCUT2D eigenvalue weighted by Crippen LogP contribution is -2.29. The summed E-state index contributed by atoms with van der Waals surface area (Å²) in [4.78, 5) is 1.16. The van der Waals surface area contributed by atoms with Gasteiger partial charge in [-0.2, -0.15) is 0 Å². The summed E-state index contributed by atoms with van der Waals surface area (Å²) >= 11 is 7.74.